The average molecular weight is 321 g/mol. The van der Waals surface area contributed by atoms with Crippen molar-refractivity contribution in [2.24, 2.45) is 15.9 Å². The summed E-state index contributed by atoms with van der Waals surface area (Å²) in [6.07, 6.45) is 9.33. The van der Waals surface area contributed by atoms with E-state index in [0.717, 1.165) is 29.2 Å². The number of fused-ring (bicyclic) bond motifs is 1. The van der Waals surface area contributed by atoms with E-state index in [1.165, 1.54) is 37.7 Å². The van der Waals surface area contributed by atoms with Gasteiger partial charge in [0.25, 0.3) is 0 Å². The molecular weight excluding hydrogens is 298 g/mol. The fourth-order valence-electron chi connectivity index (χ4n) is 3.94. The van der Waals surface area contributed by atoms with E-state index in [1.54, 1.807) is 0 Å². The Hall–Kier alpha value is -2.07. The van der Waals surface area contributed by atoms with Crippen molar-refractivity contribution >= 4 is 23.2 Å². The minimum atomic E-state index is -0.0537. The van der Waals surface area contributed by atoms with Gasteiger partial charge in [0, 0.05) is 12.0 Å². The summed E-state index contributed by atoms with van der Waals surface area (Å²) in [4.78, 5) is 23.2. The summed E-state index contributed by atoms with van der Waals surface area (Å²) in [5.41, 5.74) is 4.15. The Bertz CT molecular complexity index is 754. The number of amidine groups is 1. The molecule has 0 unspecified atom stereocenters. The number of nitrogens with zero attached hydrogens (tertiary/aromatic N) is 3. The molecule has 0 saturated heterocycles. The molecule has 1 radical (unpaired) electrons. The van der Waals surface area contributed by atoms with Crippen LogP contribution in [0.25, 0.3) is 5.70 Å². The number of aryl methyl sites for hydroxylation is 1. The van der Waals surface area contributed by atoms with Crippen molar-refractivity contribution in [3.63, 3.8) is 0 Å². The van der Waals surface area contributed by atoms with Gasteiger partial charge in [-0.3, -0.25) is 4.79 Å². The molecule has 1 saturated carbocycles. The topological polar surface area (TPSA) is 47.7 Å². The van der Waals surface area contributed by atoms with Gasteiger partial charge in [0.1, 0.15) is 11.4 Å². The Balaban J connectivity index is 1.61. The van der Waals surface area contributed by atoms with E-state index in [0.29, 0.717) is 12.5 Å². The van der Waals surface area contributed by atoms with Crippen molar-refractivity contribution in [3.8, 4) is 0 Å². The highest BCUT2D eigenvalue weighted by Gasteiger charge is 2.40. The second-order valence-corrected chi connectivity index (χ2v) is 7.05. The van der Waals surface area contributed by atoms with Crippen LogP contribution in [0.2, 0.25) is 0 Å². The lowest BCUT2D eigenvalue weighted by Gasteiger charge is -2.22. The van der Waals surface area contributed by atoms with E-state index in [9.17, 15) is 4.79 Å². The Morgan fingerprint density at radius 1 is 1.12 bits per heavy atom. The van der Waals surface area contributed by atoms with Crippen molar-refractivity contribution < 1.29 is 4.79 Å². The zero-order chi connectivity index (χ0) is 16.5. The molecule has 0 spiro atoms. The maximum atomic E-state index is 12.1. The van der Waals surface area contributed by atoms with E-state index in [4.69, 9.17) is 4.99 Å². The third-order valence-electron chi connectivity index (χ3n) is 5.23. The lowest BCUT2D eigenvalue weighted by molar-refractivity contribution is -0.117. The van der Waals surface area contributed by atoms with Crippen molar-refractivity contribution in [1.82, 2.24) is 4.90 Å². The zero-order valence-electron chi connectivity index (χ0n) is 14.2. The van der Waals surface area contributed by atoms with Gasteiger partial charge in [-0.2, -0.15) is 4.99 Å². The molecule has 0 bridgehead atoms. The van der Waals surface area contributed by atoms with Crippen LogP contribution in [-0.4, -0.2) is 24.0 Å². The van der Waals surface area contributed by atoms with Gasteiger partial charge in [-0.25, -0.2) is 4.99 Å². The van der Waals surface area contributed by atoms with Crippen LogP contribution in [0.5, 0.6) is 0 Å². The number of rotatable bonds is 3. The maximum absolute atomic E-state index is 12.1. The zero-order valence-corrected chi connectivity index (χ0v) is 14.2. The van der Waals surface area contributed by atoms with Gasteiger partial charge in [-0.1, -0.05) is 61.3 Å². The summed E-state index contributed by atoms with van der Waals surface area (Å²) in [6, 6.07) is 8.25. The van der Waals surface area contributed by atoms with Crippen molar-refractivity contribution in [1.29, 1.82) is 0 Å². The standard InChI is InChI=1S/C20H23N3O/c1-14-7-5-6-10-16(14)18-12-23-13-19(24)21-17(20(23)22-18)11-15-8-3-2-4-9-15/h5-7,10,12,15H,2-4,8-9,11,13H2,1H3/q+1. The number of aliphatic imine (C=N–C) groups is 2. The summed E-state index contributed by atoms with van der Waals surface area (Å²) in [5.74, 6) is 1.48. The van der Waals surface area contributed by atoms with Gasteiger partial charge in [0.05, 0.1) is 0 Å². The molecule has 3 aliphatic rings. The molecule has 1 aromatic rings. The van der Waals surface area contributed by atoms with Crippen molar-refractivity contribution in [3.05, 3.63) is 41.6 Å². The van der Waals surface area contributed by atoms with Gasteiger partial charge in [0.2, 0.25) is 6.54 Å². The second-order valence-electron chi connectivity index (χ2n) is 7.05. The Morgan fingerprint density at radius 3 is 2.71 bits per heavy atom. The fourth-order valence-corrected chi connectivity index (χ4v) is 3.94. The number of amides is 1. The molecule has 4 rings (SSSR count). The number of hydrogen-bond donors (Lipinski definition) is 0. The summed E-state index contributed by atoms with van der Waals surface area (Å²) in [7, 11) is 0. The molecule has 2 aliphatic heterocycles. The van der Waals surface area contributed by atoms with Crippen LogP contribution in [0.1, 0.15) is 49.7 Å². The molecule has 1 amide bonds. The molecule has 0 aromatic heterocycles. The molecule has 0 N–H and O–H groups in total. The fraction of sp³-hybridized carbons (Fsp3) is 0.450. The van der Waals surface area contributed by atoms with Crippen molar-refractivity contribution in [2.75, 3.05) is 6.54 Å². The van der Waals surface area contributed by atoms with Crippen molar-refractivity contribution in [2.45, 2.75) is 45.4 Å². The number of carbonyl (C=O) groups is 1. The SMILES string of the molecule is Cc1ccccc1C1=C[N+]2CC(=O)N=C(CC3CCCCC3)C2=N1. The first-order chi connectivity index (χ1) is 11.7. The normalized spacial score (nSPS) is 22.0. The molecule has 0 atom stereocenters. The van der Waals surface area contributed by atoms with Gasteiger partial charge >= 0.3 is 11.7 Å². The lowest BCUT2D eigenvalue weighted by Crippen LogP contribution is -2.44. The maximum Gasteiger partial charge on any atom is 0.307 e. The molecule has 1 aromatic carbocycles. The van der Waals surface area contributed by atoms with E-state index < -0.39 is 0 Å². The first kappa shape index (κ1) is 15.5. The highest BCUT2D eigenvalue weighted by molar-refractivity contribution is 6.47. The van der Waals surface area contributed by atoms with Crippen LogP contribution in [0.3, 0.4) is 0 Å². The lowest BCUT2D eigenvalue weighted by atomic mass is 9.85. The first-order valence-electron chi connectivity index (χ1n) is 8.94. The molecule has 1 fully saturated rings. The minimum absolute atomic E-state index is 0.0537. The summed E-state index contributed by atoms with van der Waals surface area (Å²) >= 11 is 0. The molecule has 2 heterocycles. The first-order valence-corrected chi connectivity index (χ1v) is 8.94. The van der Waals surface area contributed by atoms with Crippen LogP contribution in [-0.2, 0) is 4.79 Å². The average Bonchev–Trinajstić information content (AvgIpc) is 3.00. The third kappa shape index (κ3) is 2.98. The Morgan fingerprint density at radius 2 is 1.92 bits per heavy atom. The largest absolute Gasteiger partial charge is 0.307 e. The highest BCUT2D eigenvalue weighted by Crippen LogP contribution is 2.30. The van der Waals surface area contributed by atoms with Crippen LogP contribution in [0, 0.1) is 12.8 Å². The smallest absolute Gasteiger partial charge is 0.266 e. The van der Waals surface area contributed by atoms with Gasteiger partial charge in [0.15, 0.2) is 6.20 Å². The quantitative estimate of drug-likeness (QED) is 0.781. The monoisotopic (exact) mass is 321 g/mol. The number of hydrogen-bond acceptors (Lipinski definition) is 3. The van der Waals surface area contributed by atoms with Gasteiger partial charge in [-0.15, -0.1) is 0 Å². The predicted molar refractivity (Wildman–Crippen MR) is 97.2 cm³/mol. The van der Waals surface area contributed by atoms with E-state index >= 15 is 0 Å². The molecule has 4 heteroatoms. The van der Waals surface area contributed by atoms with E-state index in [2.05, 4.69) is 24.0 Å². The Labute approximate surface area is 143 Å². The van der Waals surface area contributed by atoms with E-state index in [1.807, 2.05) is 23.2 Å². The molecule has 1 aliphatic carbocycles. The van der Waals surface area contributed by atoms with Crippen LogP contribution in [0.4, 0.5) is 0 Å². The summed E-state index contributed by atoms with van der Waals surface area (Å²) < 4.78 is 0. The minimum Gasteiger partial charge on any atom is -0.266 e. The van der Waals surface area contributed by atoms with E-state index in [-0.39, 0.29) is 5.91 Å². The molecule has 4 nitrogen and oxygen atoms in total. The van der Waals surface area contributed by atoms with Crippen LogP contribution < -0.4 is 4.90 Å². The van der Waals surface area contributed by atoms with Crippen LogP contribution >= 0.6 is 0 Å². The predicted octanol–water partition coefficient (Wildman–Crippen LogP) is 3.80. The highest BCUT2D eigenvalue weighted by atomic mass is 16.1. The molecule has 24 heavy (non-hydrogen) atoms. The number of benzene rings is 1. The summed E-state index contributed by atoms with van der Waals surface area (Å²) in [6.45, 7) is 2.40. The second kappa shape index (κ2) is 6.44. The van der Waals surface area contributed by atoms with Gasteiger partial charge in [-0.05, 0) is 18.4 Å². The number of carbonyl (C=O) groups excluding carboxylic acids is 1. The van der Waals surface area contributed by atoms with Crippen LogP contribution in [0.15, 0.2) is 40.5 Å². The molecular formula is C20H23N3O+. The summed E-state index contributed by atoms with van der Waals surface area (Å²) in [5, 5.41) is 0. The third-order valence-corrected chi connectivity index (χ3v) is 5.23. The molecule has 123 valence electrons. The van der Waals surface area contributed by atoms with Gasteiger partial charge < -0.3 is 0 Å². The Kier molecular flexibility index (Phi) is 4.15.